The highest BCUT2D eigenvalue weighted by Crippen LogP contribution is 2.15. The molecule has 1 fully saturated rings. The van der Waals surface area contributed by atoms with E-state index < -0.39 is 0 Å². The molecule has 1 aliphatic heterocycles. The molecule has 1 heterocycles. The van der Waals surface area contributed by atoms with Crippen LogP contribution >= 0.6 is 0 Å². The molecule has 12 heavy (non-hydrogen) atoms. The number of aldehydes is 1. The van der Waals surface area contributed by atoms with E-state index >= 15 is 0 Å². The summed E-state index contributed by atoms with van der Waals surface area (Å²) in [6.07, 6.45) is 4.51. The van der Waals surface area contributed by atoms with Crippen molar-refractivity contribution in [3.05, 3.63) is 0 Å². The summed E-state index contributed by atoms with van der Waals surface area (Å²) in [5.41, 5.74) is 0. The van der Waals surface area contributed by atoms with Crippen molar-refractivity contribution in [3.63, 3.8) is 0 Å². The predicted octanol–water partition coefficient (Wildman–Crippen LogP) is 1.51. The van der Waals surface area contributed by atoms with Crippen LogP contribution < -0.4 is 0 Å². The molecule has 0 spiro atoms. The van der Waals surface area contributed by atoms with Gasteiger partial charge in [-0.15, -0.1) is 0 Å². The summed E-state index contributed by atoms with van der Waals surface area (Å²) in [5, 5.41) is 0. The van der Waals surface area contributed by atoms with E-state index in [1.54, 1.807) is 0 Å². The lowest BCUT2D eigenvalue weighted by atomic mass is 10.2. The van der Waals surface area contributed by atoms with Crippen LogP contribution in [0.4, 0.5) is 0 Å². The van der Waals surface area contributed by atoms with Gasteiger partial charge < -0.3 is 14.3 Å². The summed E-state index contributed by atoms with van der Waals surface area (Å²) in [6, 6.07) is 0. The molecule has 1 rings (SSSR count). The number of hydrogen-bond acceptors (Lipinski definition) is 3. The molecule has 2 atom stereocenters. The minimum absolute atomic E-state index is 0.00870. The number of ether oxygens (including phenoxy) is 2. The van der Waals surface area contributed by atoms with Gasteiger partial charge in [0.05, 0.1) is 6.10 Å². The Morgan fingerprint density at radius 2 is 2.50 bits per heavy atom. The molecule has 0 aliphatic carbocycles. The molecule has 0 aromatic heterocycles. The molecular weight excluding hydrogens is 156 g/mol. The normalized spacial score (nSPS) is 26.6. The third kappa shape index (κ3) is 3.32. The van der Waals surface area contributed by atoms with Gasteiger partial charge in [0.2, 0.25) is 0 Å². The first kappa shape index (κ1) is 9.68. The van der Waals surface area contributed by atoms with Crippen LogP contribution in [0.1, 0.15) is 32.6 Å². The lowest BCUT2D eigenvalue weighted by Gasteiger charge is -2.25. The van der Waals surface area contributed by atoms with E-state index in [0.717, 1.165) is 25.7 Å². The average molecular weight is 172 g/mol. The van der Waals surface area contributed by atoms with Gasteiger partial charge in [0.15, 0.2) is 6.29 Å². The van der Waals surface area contributed by atoms with Gasteiger partial charge in [-0.3, -0.25) is 0 Å². The van der Waals surface area contributed by atoms with E-state index in [4.69, 9.17) is 9.47 Å². The Labute approximate surface area is 73.0 Å². The van der Waals surface area contributed by atoms with Crippen molar-refractivity contribution in [3.8, 4) is 0 Å². The van der Waals surface area contributed by atoms with Gasteiger partial charge in [0, 0.05) is 13.0 Å². The minimum Gasteiger partial charge on any atom is -0.353 e. The molecule has 1 saturated heterocycles. The second-order valence-corrected chi connectivity index (χ2v) is 3.15. The minimum atomic E-state index is -0.0753. The van der Waals surface area contributed by atoms with Crippen molar-refractivity contribution < 1.29 is 14.3 Å². The fraction of sp³-hybridized carbons (Fsp3) is 0.889. The molecule has 3 heteroatoms. The Kier molecular flexibility index (Phi) is 4.25. The van der Waals surface area contributed by atoms with Crippen LogP contribution in [0.5, 0.6) is 0 Å². The Bertz CT molecular complexity index is 130. The highest BCUT2D eigenvalue weighted by Gasteiger charge is 2.16. The van der Waals surface area contributed by atoms with Gasteiger partial charge in [-0.25, -0.2) is 0 Å². The van der Waals surface area contributed by atoms with Crippen molar-refractivity contribution in [1.29, 1.82) is 0 Å². The third-order valence-electron chi connectivity index (χ3n) is 1.95. The van der Waals surface area contributed by atoms with E-state index in [9.17, 15) is 4.79 Å². The van der Waals surface area contributed by atoms with Crippen LogP contribution in [0.3, 0.4) is 0 Å². The molecule has 0 saturated carbocycles. The summed E-state index contributed by atoms with van der Waals surface area (Å²) in [4.78, 5) is 10.1. The van der Waals surface area contributed by atoms with E-state index in [1.807, 2.05) is 6.92 Å². The molecule has 0 aromatic rings. The summed E-state index contributed by atoms with van der Waals surface area (Å²) >= 11 is 0. The maximum absolute atomic E-state index is 10.1. The Balaban J connectivity index is 2.15. The smallest absolute Gasteiger partial charge is 0.157 e. The van der Waals surface area contributed by atoms with Crippen molar-refractivity contribution >= 4 is 6.29 Å². The van der Waals surface area contributed by atoms with Gasteiger partial charge in [-0.1, -0.05) is 0 Å². The SMILES string of the molecule is C[C@H](CC=O)O[C@H]1CCCCO1. The van der Waals surface area contributed by atoms with Gasteiger partial charge in [0.25, 0.3) is 0 Å². The molecule has 3 nitrogen and oxygen atoms in total. The van der Waals surface area contributed by atoms with Gasteiger partial charge in [-0.2, -0.15) is 0 Å². The van der Waals surface area contributed by atoms with E-state index in [-0.39, 0.29) is 12.4 Å². The zero-order valence-corrected chi connectivity index (χ0v) is 7.49. The van der Waals surface area contributed by atoms with Crippen LogP contribution in [0, 0.1) is 0 Å². The van der Waals surface area contributed by atoms with Crippen LogP contribution in [-0.2, 0) is 14.3 Å². The second-order valence-electron chi connectivity index (χ2n) is 3.15. The standard InChI is InChI=1S/C9H16O3/c1-8(5-6-10)12-9-4-2-3-7-11-9/h6,8-9H,2-5,7H2,1H3/t8-,9+/m1/s1. The molecule has 0 N–H and O–H groups in total. The fourth-order valence-corrected chi connectivity index (χ4v) is 1.27. The molecular formula is C9H16O3. The summed E-state index contributed by atoms with van der Waals surface area (Å²) < 4.78 is 10.8. The molecule has 0 amide bonds. The zero-order chi connectivity index (χ0) is 8.81. The fourth-order valence-electron chi connectivity index (χ4n) is 1.27. The van der Waals surface area contributed by atoms with E-state index in [0.29, 0.717) is 6.42 Å². The summed E-state index contributed by atoms with van der Waals surface area (Å²) in [5.74, 6) is 0. The predicted molar refractivity (Wildman–Crippen MR) is 44.8 cm³/mol. The summed E-state index contributed by atoms with van der Waals surface area (Å²) in [6.45, 7) is 2.69. The number of carbonyl (C=O) groups excluding carboxylic acids is 1. The maximum atomic E-state index is 10.1. The number of carbonyl (C=O) groups is 1. The lowest BCUT2D eigenvalue weighted by Crippen LogP contribution is -2.26. The molecule has 70 valence electrons. The van der Waals surface area contributed by atoms with Crippen LogP contribution in [-0.4, -0.2) is 25.3 Å². The maximum Gasteiger partial charge on any atom is 0.157 e. The van der Waals surface area contributed by atoms with Gasteiger partial charge in [0.1, 0.15) is 6.29 Å². The highest BCUT2D eigenvalue weighted by atomic mass is 16.7. The first-order valence-corrected chi connectivity index (χ1v) is 4.53. The molecule has 0 unspecified atom stereocenters. The average Bonchev–Trinajstić information content (AvgIpc) is 2.06. The summed E-state index contributed by atoms with van der Waals surface area (Å²) in [7, 11) is 0. The lowest BCUT2D eigenvalue weighted by molar-refractivity contribution is -0.184. The van der Waals surface area contributed by atoms with Crippen molar-refractivity contribution in [2.75, 3.05) is 6.61 Å². The number of hydrogen-bond donors (Lipinski definition) is 0. The van der Waals surface area contributed by atoms with Crippen LogP contribution in [0.15, 0.2) is 0 Å². The van der Waals surface area contributed by atoms with Crippen LogP contribution in [0.2, 0.25) is 0 Å². The quantitative estimate of drug-likeness (QED) is 0.603. The molecule has 0 radical (unpaired) electrons. The van der Waals surface area contributed by atoms with Crippen molar-refractivity contribution in [1.82, 2.24) is 0 Å². The largest absolute Gasteiger partial charge is 0.353 e. The highest BCUT2D eigenvalue weighted by molar-refractivity contribution is 5.49. The van der Waals surface area contributed by atoms with Crippen LogP contribution in [0.25, 0.3) is 0 Å². The third-order valence-corrected chi connectivity index (χ3v) is 1.95. The first-order chi connectivity index (χ1) is 5.83. The Morgan fingerprint density at radius 1 is 1.67 bits per heavy atom. The number of rotatable bonds is 4. The van der Waals surface area contributed by atoms with E-state index in [1.165, 1.54) is 6.42 Å². The zero-order valence-electron chi connectivity index (χ0n) is 7.49. The van der Waals surface area contributed by atoms with E-state index in [2.05, 4.69) is 0 Å². The monoisotopic (exact) mass is 172 g/mol. The Morgan fingerprint density at radius 3 is 3.08 bits per heavy atom. The van der Waals surface area contributed by atoms with Crippen molar-refractivity contribution in [2.45, 2.75) is 45.0 Å². The van der Waals surface area contributed by atoms with Gasteiger partial charge >= 0.3 is 0 Å². The first-order valence-electron chi connectivity index (χ1n) is 4.53. The second kappa shape index (κ2) is 5.27. The topological polar surface area (TPSA) is 35.5 Å². The van der Waals surface area contributed by atoms with Crippen molar-refractivity contribution in [2.24, 2.45) is 0 Å². The van der Waals surface area contributed by atoms with Gasteiger partial charge in [-0.05, 0) is 26.2 Å². The molecule has 0 aromatic carbocycles. The Hall–Kier alpha value is -0.410. The molecule has 1 aliphatic rings. The molecule has 0 bridgehead atoms.